The van der Waals surface area contributed by atoms with Crippen molar-refractivity contribution in [1.29, 1.82) is 0 Å². The van der Waals surface area contributed by atoms with E-state index in [0.29, 0.717) is 23.1 Å². The van der Waals surface area contributed by atoms with Crippen molar-refractivity contribution in [1.82, 2.24) is 24.5 Å². The van der Waals surface area contributed by atoms with Crippen molar-refractivity contribution in [2.45, 2.75) is 72.4 Å². The van der Waals surface area contributed by atoms with Gasteiger partial charge >= 0.3 is 0 Å². The number of piperidine rings is 1. The third kappa shape index (κ3) is 4.35. The van der Waals surface area contributed by atoms with Gasteiger partial charge in [-0.1, -0.05) is 25.7 Å². The number of nitro groups is 1. The molecule has 1 saturated carbocycles. The smallest absolute Gasteiger partial charge is 0.258 e. The first-order valence-electron chi connectivity index (χ1n) is 10.2. The molecule has 2 heterocycles. The number of benzene rings is 1. The molecule has 4 rings (SSSR count). The first-order chi connectivity index (χ1) is 14.5. The monoisotopic (exact) mass is 452 g/mol. The van der Waals surface area contributed by atoms with Crippen LogP contribution < -0.4 is 0 Å². The van der Waals surface area contributed by atoms with E-state index in [-0.39, 0.29) is 16.6 Å². The molecule has 0 N–H and O–H groups in total. The summed E-state index contributed by atoms with van der Waals surface area (Å²) in [5.41, 5.74) is -0.253. The van der Waals surface area contributed by atoms with E-state index >= 15 is 0 Å². The standard InChI is InChI=1S/C18H24N6O4S2/c25-24(26)16-13-15(30(27,28)22-11-5-2-6-12-22)9-10-17(16)29-18-19-20-21-23(18)14-7-3-1-4-8-14/h9-10,13-14H,1-8,11-12H2. The van der Waals surface area contributed by atoms with E-state index in [1.54, 1.807) is 4.68 Å². The number of hydrogen-bond acceptors (Lipinski definition) is 8. The highest BCUT2D eigenvalue weighted by Gasteiger charge is 2.29. The van der Waals surface area contributed by atoms with Gasteiger partial charge in [-0.2, -0.15) is 4.31 Å². The second-order valence-corrected chi connectivity index (χ2v) is 10.6. The van der Waals surface area contributed by atoms with Crippen LogP contribution in [-0.2, 0) is 10.0 Å². The van der Waals surface area contributed by atoms with Crippen molar-refractivity contribution < 1.29 is 13.3 Å². The molecule has 2 fully saturated rings. The molecule has 1 aromatic heterocycles. The number of nitrogens with zero attached hydrogens (tertiary/aromatic N) is 6. The predicted molar refractivity (Wildman–Crippen MR) is 110 cm³/mol. The maximum absolute atomic E-state index is 12.9. The summed E-state index contributed by atoms with van der Waals surface area (Å²) >= 11 is 1.10. The summed E-state index contributed by atoms with van der Waals surface area (Å²) in [5.74, 6) is 0. The van der Waals surface area contributed by atoms with Gasteiger partial charge in [0.05, 0.1) is 20.8 Å². The van der Waals surface area contributed by atoms with E-state index in [0.717, 1.165) is 62.8 Å². The van der Waals surface area contributed by atoms with Crippen molar-refractivity contribution in [3.8, 4) is 0 Å². The normalized spacial score (nSPS) is 19.1. The van der Waals surface area contributed by atoms with Gasteiger partial charge in [0.1, 0.15) is 0 Å². The highest BCUT2D eigenvalue weighted by atomic mass is 32.2. The lowest BCUT2D eigenvalue weighted by Gasteiger charge is -2.25. The maximum atomic E-state index is 12.9. The molecule has 0 atom stereocenters. The van der Waals surface area contributed by atoms with Gasteiger partial charge in [-0.3, -0.25) is 10.1 Å². The van der Waals surface area contributed by atoms with E-state index in [2.05, 4.69) is 15.5 Å². The van der Waals surface area contributed by atoms with Gasteiger partial charge in [0, 0.05) is 19.2 Å². The molecule has 1 saturated heterocycles. The topological polar surface area (TPSA) is 124 Å². The molecule has 12 heteroatoms. The summed E-state index contributed by atoms with van der Waals surface area (Å²) in [6.45, 7) is 0.894. The van der Waals surface area contributed by atoms with Crippen molar-refractivity contribution in [3.05, 3.63) is 28.3 Å². The van der Waals surface area contributed by atoms with Crippen LogP contribution in [0, 0.1) is 10.1 Å². The molecular weight excluding hydrogens is 428 g/mol. The minimum absolute atomic E-state index is 0.0488. The largest absolute Gasteiger partial charge is 0.284 e. The Balaban J connectivity index is 1.62. The molecule has 0 bridgehead atoms. The van der Waals surface area contributed by atoms with Crippen LogP contribution in [0.4, 0.5) is 5.69 Å². The number of nitro benzene ring substituents is 1. The number of aromatic nitrogens is 4. The quantitative estimate of drug-likeness (QED) is 0.482. The average molecular weight is 453 g/mol. The van der Waals surface area contributed by atoms with E-state index in [4.69, 9.17) is 0 Å². The lowest BCUT2D eigenvalue weighted by atomic mass is 9.96. The lowest BCUT2D eigenvalue weighted by molar-refractivity contribution is -0.388. The molecule has 0 amide bonds. The zero-order chi connectivity index (χ0) is 21.1. The third-order valence-corrected chi connectivity index (χ3v) is 8.58. The zero-order valence-corrected chi connectivity index (χ0v) is 18.1. The average Bonchev–Trinajstić information content (AvgIpc) is 3.23. The van der Waals surface area contributed by atoms with Crippen molar-refractivity contribution >= 4 is 27.5 Å². The highest BCUT2D eigenvalue weighted by molar-refractivity contribution is 7.99. The van der Waals surface area contributed by atoms with Crippen LogP contribution in [0.5, 0.6) is 0 Å². The van der Waals surface area contributed by atoms with Crippen molar-refractivity contribution in [2.24, 2.45) is 0 Å². The van der Waals surface area contributed by atoms with Gasteiger partial charge in [-0.25, -0.2) is 13.1 Å². The molecule has 0 radical (unpaired) electrons. The van der Waals surface area contributed by atoms with Gasteiger partial charge in [-0.05, 0) is 60.0 Å². The lowest BCUT2D eigenvalue weighted by Crippen LogP contribution is -2.35. The fourth-order valence-corrected chi connectivity index (χ4v) is 6.51. The van der Waals surface area contributed by atoms with Crippen LogP contribution in [0.2, 0.25) is 0 Å². The highest BCUT2D eigenvalue weighted by Crippen LogP contribution is 2.38. The number of tetrazole rings is 1. The molecule has 0 unspecified atom stereocenters. The molecule has 1 aliphatic carbocycles. The van der Waals surface area contributed by atoms with Gasteiger partial charge < -0.3 is 0 Å². The Kier molecular flexibility index (Phi) is 6.34. The van der Waals surface area contributed by atoms with Crippen LogP contribution in [0.15, 0.2) is 33.1 Å². The van der Waals surface area contributed by atoms with E-state index < -0.39 is 14.9 Å². The Bertz CT molecular complexity index is 1010. The van der Waals surface area contributed by atoms with Crippen LogP contribution in [0.25, 0.3) is 0 Å². The molecule has 162 valence electrons. The molecule has 2 aromatic rings. The van der Waals surface area contributed by atoms with Gasteiger partial charge in [0.2, 0.25) is 15.2 Å². The summed E-state index contributed by atoms with van der Waals surface area (Å²) in [4.78, 5) is 11.4. The predicted octanol–water partition coefficient (Wildman–Crippen LogP) is 3.41. The van der Waals surface area contributed by atoms with E-state index in [9.17, 15) is 18.5 Å². The first kappa shape index (κ1) is 21.2. The fraction of sp³-hybridized carbons (Fsp3) is 0.611. The number of sulfonamides is 1. The summed E-state index contributed by atoms with van der Waals surface area (Å²) in [6, 6.07) is 4.27. The summed E-state index contributed by atoms with van der Waals surface area (Å²) in [7, 11) is -3.75. The van der Waals surface area contributed by atoms with Crippen molar-refractivity contribution in [3.63, 3.8) is 0 Å². The van der Waals surface area contributed by atoms with Gasteiger partial charge in [0.15, 0.2) is 0 Å². The summed E-state index contributed by atoms with van der Waals surface area (Å²) < 4.78 is 29.0. The van der Waals surface area contributed by atoms with Crippen LogP contribution in [0.1, 0.15) is 57.4 Å². The third-order valence-electron chi connectivity index (χ3n) is 5.66. The molecule has 2 aliphatic rings. The van der Waals surface area contributed by atoms with Crippen LogP contribution >= 0.6 is 11.8 Å². The van der Waals surface area contributed by atoms with E-state index in [1.807, 2.05) is 0 Å². The molecular formula is C18H24N6O4S2. The SMILES string of the molecule is O=[N+]([O-])c1cc(S(=O)(=O)N2CCCCC2)ccc1Sc1nnnn1C1CCCCC1. The Morgan fingerprint density at radius 2 is 1.77 bits per heavy atom. The maximum Gasteiger partial charge on any atom is 0.284 e. The van der Waals surface area contributed by atoms with Crippen LogP contribution in [0.3, 0.4) is 0 Å². The van der Waals surface area contributed by atoms with Crippen molar-refractivity contribution in [2.75, 3.05) is 13.1 Å². The Morgan fingerprint density at radius 3 is 2.47 bits per heavy atom. The summed E-state index contributed by atoms with van der Waals surface area (Å²) in [5, 5.41) is 24.1. The Hall–Kier alpha value is -2.05. The molecule has 30 heavy (non-hydrogen) atoms. The molecule has 1 aliphatic heterocycles. The fourth-order valence-electron chi connectivity index (χ4n) is 4.05. The molecule has 10 nitrogen and oxygen atoms in total. The van der Waals surface area contributed by atoms with E-state index in [1.165, 1.54) is 22.9 Å². The minimum Gasteiger partial charge on any atom is -0.258 e. The molecule has 0 spiro atoms. The van der Waals surface area contributed by atoms with Gasteiger partial charge in [0.25, 0.3) is 5.69 Å². The second kappa shape index (κ2) is 8.98. The summed E-state index contributed by atoms with van der Waals surface area (Å²) in [6.07, 6.45) is 7.98. The minimum atomic E-state index is -3.75. The number of rotatable bonds is 6. The zero-order valence-electron chi connectivity index (χ0n) is 16.5. The molecule has 1 aromatic carbocycles. The Labute approximate surface area is 179 Å². The number of hydrogen-bond donors (Lipinski definition) is 0. The van der Waals surface area contributed by atoms with Crippen LogP contribution in [-0.4, -0.2) is 50.9 Å². The Morgan fingerprint density at radius 1 is 1.07 bits per heavy atom. The second-order valence-electron chi connectivity index (χ2n) is 7.65. The van der Waals surface area contributed by atoms with Gasteiger partial charge in [-0.15, -0.1) is 5.10 Å². The first-order valence-corrected chi connectivity index (χ1v) is 12.5.